The fourth-order valence-electron chi connectivity index (χ4n) is 1.18. The van der Waals surface area contributed by atoms with Crippen LogP contribution in [0.5, 0.6) is 0 Å². The molecule has 6 heteroatoms. The lowest BCUT2D eigenvalue weighted by Gasteiger charge is -2.19. The van der Waals surface area contributed by atoms with Crippen molar-refractivity contribution >= 4 is 10.0 Å². The van der Waals surface area contributed by atoms with Crippen molar-refractivity contribution in [3.8, 4) is 0 Å². The Morgan fingerprint density at radius 2 is 2.00 bits per heavy atom. The van der Waals surface area contributed by atoms with E-state index in [0.717, 1.165) is 0 Å². The van der Waals surface area contributed by atoms with Crippen molar-refractivity contribution in [3.05, 3.63) is 0 Å². The minimum Gasteiger partial charge on any atom is -0.396 e. The Bertz CT molecular complexity index is 240. The molecule has 5 nitrogen and oxygen atoms in total. The van der Waals surface area contributed by atoms with Crippen LogP contribution in [0.4, 0.5) is 0 Å². The van der Waals surface area contributed by atoms with Gasteiger partial charge in [-0.15, -0.1) is 0 Å². The number of hydrogen-bond acceptors (Lipinski definition) is 4. The molecule has 0 aromatic rings. The monoisotopic (exact) mass is 239 g/mol. The second-order valence-electron chi connectivity index (χ2n) is 3.08. The summed E-state index contributed by atoms with van der Waals surface area (Å²) in [6, 6.07) is 0. The van der Waals surface area contributed by atoms with Crippen LogP contribution in [0.15, 0.2) is 0 Å². The minimum absolute atomic E-state index is 0.0114. The minimum atomic E-state index is -3.22. The highest BCUT2D eigenvalue weighted by molar-refractivity contribution is 7.89. The molecule has 0 bridgehead atoms. The zero-order chi connectivity index (χ0) is 11.7. The van der Waals surface area contributed by atoms with Crippen LogP contribution in [-0.2, 0) is 14.8 Å². The molecule has 0 aromatic carbocycles. The number of aliphatic hydroxyl groups is 1. The van der Waals surface area contributed by atoms with E-state index in [4.69, 9.17) is 9.84 Å². The van der Waals surface area contributed by atoms with Crippen LogP contribution in [0.2, 0.25) is 0 Å². The molecule has 0 radical (unpaired) electrons. The third kappa shape index (κ3) is 6.09. The molecule has 0 aliphatic heterocycles. The van der Waals surface area contributed by atoms with Crippen molar-refractivity contribution in [2.24, 2.45) is 0 Å². The van der Waals surface area contributed by atoms with Crippen molar-refractivity contribution in [1.82, 2.24) is 4.31 Å². The van der Waals surface area contributed by atoms with Gasteiger partial charge in [-0.2, -0.15) is 0 Å². The van der Waals surface area contributed by atoms with E-state index in [1.54, 1.807) is 6.92 Å². The SMILES string of the molecule is CCOCCS(=O)(=O)N(CC)CCCO. The van der Waals surface area contributed by atoms with Crippen molar-refractivity contribution < 1.29 is 18.3 Å². The summed E-state index contributed by atoms with van der Waals surface area (Å²) in [6.45, 7) is 5.20. The number of aliphatic hydroxyl groups excluding tert-OH is 1. The lowest BCUT2D eigenvalue weighted by Crippen LogP contribution is -2.35. The molecular weight excluding hydrogens is 218 g/mol. The summed E-state index contributed by atoms with van der Waals surface area (Å²) < 4.78 is 29.8. The Morgan fingerprint density at radius 3 is 2.47 bits per heavy atom. The highest BCUT2D eigenvalue weighted by Crippen LogP contribution is 2.02. The van der Waals surface area contributed by atoms with Crippen molar-refractivity contribution in [2.75, 3.05) is 38.7 Å². The third-order valence-electron chi connectivity index (χ3n) is 2.00. The summed E-state index contributed by atoms with van der Waals surface area (Å²) in [5.41, 5.74) is 0. The van der Waals surface area contributed by atoms with Gasteiger partial charge in [0.2, 0.25) is 10.0 Å². The molecule has 0 aliphatic carbocycles. The van der Waals surface area contributed by atoms with Crippen LogP contribution in [0.1, 0.15) is 20.3 Å². The molecule has 15 heavy (non-hydrogen) atoms. The van der Waals surface area contributed by atoms with E-state index in [0.29, 0.717) is 26.1 Å². The van der Waals surface area contributed by atoms with Gasteiger partial charge in [0, 0.05) is 26.3 Å². The first kappa shape index (κ1) is 14.8. The Hall–Kier alpha value is -0.170. The van der Waals surface area contributed by atoms with Gasteiger partial charge in [0.25, 0.3) is 0 Å². The van der Waals surface area contributed by atoms with Gasteiger partial charge >= 0.3 is 0 Å². The Labute approximate surface area is 92.1 Å². The summed E-state index contributed by atoms with van der Waals surface area (Å²) in [5, 5.41) is 8.64. The topological polar surface area (TPSA) is 66.8 Å². The van der Waals surface area contributed by atoms with E-state index in [2.05, 4.69) is 0 Å². The first-order valence-electron chi connectivity index (χ1n) is 5.24. The predicted octanol–water partition coefficient (Wildman–Crippen LogP) is 0.0570. The Morgan fingerprint density at radius 1 is 1.33 bits per heavy atom. The van der Waals surface area contributed by atoms with E-state index in [1.165, 1.54) is 4.31 Å². The molecular formula is C9H21NO4S. The molecule has 0 spiro atoms. The third-order valence-corrected chi connectivity index (χ3v) is 3.91. The summed E-state index contributed by atoms with van der Waals surface area (Å²) in [6.07, 6.45) is 0.474. The molecule has 0 saturated carbocycles. The zero-order valence-corrected chi connectivity index (χ0v) is 10.3. The average Bonchev–Trinajstić information content (AvgIpc) is 2.19. The first-order valence-corrected chi connectivity index (χ1v) is 6.85. The van der Waals surface area contributed by atoms with Gasteiger partial charge < -0.3 is 9.84 Å². The van der Waals surface area contributed by atoms with E-state index in [1.807, 2.05) is 6.92 Å². The first-order chi connectivity index (χ1) is 7.08. The number of hydrogen-bond donors (Lipinski definition) is 1. The number of sulfonamides is 1. The Balaban J connectivity index is 4.13. The van der Waals surface area contributed by atoms with Gasteiger partial charge in [0.05, 0.1) is 12.4 Å². The van der Waals surface area contributed by atoms with Gasteiger partial charge in [0.1, 0.15) is 0 Å². The van der Waals surface area contributed by atoms with Crippen molar-refractivity contribution in [3.63, 3.8) is 0 Å². The predicted molar refractivity (Wildman–Crippen MR) is 59.2 cm³/mol. The van der Waals surface area contributed by atoms with Crippen LogP contribution < -0.4 is 0 Å². The second kappa shape index (κ2) is 8.04. The maximum Gasteiger partial charge on any atom is 0.216 e. The van der Waals surface area contributed by atoms with E-state index in [-0.39, 0.29) is 19.0 Å². The van der Waals surface area contributed by atoms with Crippen LogP contribution >= 0.6 is 0 Å². The standard InChI is InChI=1S/C9H21NO4S/c1-3-10(6-5-7-11)15(12,13)9-8-14-4-2/h11H,3-9H2,1-2H3. The quantitative estimate of drug-likeness (QED) is 0.578. The average molecular weight is 239 g/mol. The van der Waals surface area contributed by atoms with Gasteiger partial charge in [-0.25, -0.2) is 12.7 Å². The summed E-state index contributed by atoms with van der Waals surface area (Å²) in [4.78, 5) is 0. The maximum absolute atomic E-state index is 11.7. The molecule has 0 unspecified atom stereocenters. The Kier molecular flexibility index (Phi) is 7.95. The van der Waals surface area contributed by atoms with Gasteiger partial charge in [-0.05, 0) is 13.3 Å². The fraction of sp³-hybridized carbons (Fsp3) is 1.00. The molecule has 92 valence electrons. The maximum atomic E-state index is 11.7. The lowest BCUT2D eigenvalue weighted by atomic mass is 10.4. The lowest BCUT2D eigenvalue weighted by molar-refractivity contribution is 0.162. The van der Waals surface area contributed by atoms with Crippen LogP contribution in [0, 0.1) is 0 Å². The normalized spacial score (nSPS) is 12.3. The van der Waals surface area contributed by atoms with Gasteiger partial charge in [-0.1, -0.05) is 6.92 Å². The largest absolute Gasteiger partial charge is 0.396 e. The van der Waals surface area contributed by atoms with Crippen molar-refractivity contribution in [1.29, 1.82) is 0 Å². The van der Waals surface area contributed by atoms with Gasteiger partial charge in [0.15, 0.2) is 0 Å². The van der Waals surface area contributed by atoms with E-state index >= 15 is 0 Å². The van der Waals surface area contributed by atoms with E-state index in [9.17, 15) is 8.42 Å². The fourth-order valence-corrected chi connectivity index (χ4v) is 2.57. The second-order valence-corrected chi connectivity index (χ2v) is 5.17. The molecule has 0 amide bonds. The summed E-state index contributed by atoms with van der Waals surface area (Å²) >= 11 is 0. The van der Waals surface area contributed by atoms with Crippen LogP contribution in [0.25, 0.3) is 0 Å². The highest BCUT2D eigenvalue weighted by Gasteiger charge is 2.19. The molecule has 0 aromatic heterocycles. The van der Waals surface area contributed by atoms with Crippen LogP contribution in [-0.4, -0.2) is 56.5 Å². The van der Waals surface area contributed by atoms with E-state index < -0.39 is 10.0 Å². The molecule has 0 rings (SSSR count). The smallest absolute Gasteiger partial charge is 0.216 e. The summed E-state index contributed by atoms with van der Waals surface area (Å²) in [7, 11) is -3.22. The van der Waals surface area contributed by atoms with Crippen LogP contribution in [0.3, 0.4) is 0 Å². The summed E-state index contributed by atoms with van der Waals surface area (Å²) in [5.74, 6) is 0.0140. The molecule has 0 atom stereocenters. The molecule has 0 heterocycles. The number of nitrogens with zero attached hydrogens (tertiary/aromatic N) is 1. The molecule has 1 N–H and O–H groups in total. The molecule has 0 aliphatic rings. The number of ether oxygens (including phenoxy) is 1. The highest BCUT2D eigenvalue weighted by atomic mass is 32.2. The molecule has 0 fully saturated rings. The molecule has 0 saturated heterocycles. The number of rotatable bonds is 9. The van der Waals surface area contributed by atoms with Crippen molar-refractivity contribution in [2.45, 2.75) is 20.3 Å². The van der Waals surface area contributed by atoms with Gasteiger partial charge in [-0.3, -0.25) is 0 Å². The zero-order valence-electron chi connectivity index (χ0n) is 9.48.